The van der Waals surface area contributed by atoms with Crippen LogP contribution in [0.3, 0.4) is 0 Å². The van der Waals surface area contributed by atoms with E-state index in [1.165, 1.54) is 51.4 Å². The van der Waals surface area contributed by atoms with Crippen LogP contribution >= 0.6 is 24.0 Å². The molecule has 4 heteroatoms. The van der Waals surface area contributed by atoms with E-state index in [-0.39, 0.29) is 24.0 Å². The molecule has 3 nitrogen and oxygen atoms in total. The molecular formula is C15H28IN3. The van der Waals surface area contributed by atoms with E-state index in [9.17, 15) is 0 Å². The lowest BCUT2D eigenvalue weighted by atomic mass is 9.86. The van der Waals surface area contributed by atoms with Gasteiger partial charge in [-0.05, 0) is 62.7 Å². The molecule has 1 aliphatic heterocycles. The molecule has 2 aliphatic carbocycles. The van der Waals surface area contributed by atoms with Gasteiger partial charge in [-0.15, -0.1) is 24.0 Å². The van der Waals surface area contributed by atoms with Crippen molar-refractivity contribution in [1.82, 2.24) is 4.90 Å². The second-order valence-corrected chi connectivity index (χ2v) is 6.51. The molecule has 19 heavy (non-hydrogen) atoms. The van der Waals surface area contributed by atoms with Crippen molar-refractivity contribution >= 4 is 29.9 Å². The van der Waals surface area contributed by atoms with Crippen LogP contribution in [0.1, 0.15) is 51.4 Å². The van der Waals surface area contributed by atoms with E-state index in [0.29, 0.717) is 0 Å². The fraction of sp³-hybridized carbons (Fsp3) is 0.933. The number of rotatable bonds is 3. The van der Waals surface area contributed by atoms with Gasteiger partial charge in [0.1, 0.15) is 0 Å². The van der Waals surface area contributed by atoms with Gasteiger partial charge in [0.05, 0.1) is 0 Å². The van der Waals surface area contributed by atoms with Gasteiger partial charge < -0.3 is 10.6 Å². The molecule has 3 rings (SSSR count). The first-order valence-electron chi connectivity index (χ1n) is 7.88. The third-order valence-electron chi connectivity index (χ3n) is 5.34. The van der Waals surface area contributed by atoms with Crippen molar-refractivity contribution in [3.05, 3.63) is 0 Å². The molecule has 3 unspecified atom stereocenters. The van der Waals surface area contributed by atoms with Crippen molar-refractivity contribution in [2.45, 2.75) is 51.4 Å². The van der Waals surface area contributed by atoms with Gasteiger partial charge >= 0.3 is 0 Å². The highest BCUT2D eigenvalue weighted by atomic mass is 127. The SMILES string of the molecule is I.NC(=NCCC1CC2CCC1C2)N1CCCCC1. The predicted octanol–water partition coefficient (Wildman–Crippen LogP) is 3.23. The standard InChI is InChI=1S/C15H27N3.HI/c16-15(18-8-2-1-3-9-18)17-7-6-14-11-12-4-5-13(14)10-12;/h12-14H,1-11H2,(H2,16,17);1H. The summed E-state index contributed by atoms with van der Waals surface area (Å²) in [7, 11) is 0. The Morgan fingerprint density at radius 1 is 1.11 bits per heavy atom. The summed E-state index contributed by atoms with van der Waals surface area (Å²) in [6, 6.07) is 0. The minimum Gasteiger partial charge on any atom is -0.370 e. The largest absolute Gasteiger partial charge is 0.370 e. The quantitative estimate of drug-likeness (QED) is 0.466. The first kappa shape index (κ1) is 15.4. The summed E-state index contributed by atoms with van der Waals surface area (Å²) in [5.74, 6) is 3.85. The molecule has 3 atom stereocenters. The summed E-state index contributed by atoms with van der Waals surface area (Å²) in [4.78, 5) is 6.88. The maximum atomic E-state index is 6.09. The van der Waals surface area contributed by atoms with Crippen molar-refractivity contribution in [1.29, 1.82) is 0 Å². The Morgan fingerprint density at radius 3 is 2.53 bits per heavy atom. The van der Waals surface area contributed by atoms with Crippen LogP contribution in [0.2, 0.25) is 0 Å². The molecule has 0 amide bonds. The van der Waals surface area contributed by atoms with Crippen LogP contribution in [0.25, 0.3) is 0 Å². The lowest BCUT2D eigenvalue weighted by Gasteiger charge is -2.27. The van der Waals surface area contributed by atoms with Crippen LogP contribution in [0, 0.1) is 17.8 Å². The maximum Gasteiger partial charge on any atom is 0.191 e. The Kier molecular flexibility index (Phi) is 5.78. The number of likely N-dealkylation sites (tertiary alicyclic amines) is 1. The highest BCUT2D eigenvalue weighted by molar-refractivity contribution is 14.0. The number of nitrogens with two attached hydrogens (primary N) is 1. The molecule has 110 valence electrons. The van der Waals surface area contributed by atoms with Crippen molar-refractivity contribution < 1.29 is 0 Å². The van der Waals surface area contributed by atoms with E-state index >= 15 is 0 Å². The molecule has 0 aromatic heterocycles. The number of fused-ring (bicyclic) bond motifs is 2. The van der Waals surface area contributed by atoms with Crippen LogP contribution in [0.4, 0.5) is 0 Å². The average Bonchev–Trinajstić information content (AvgIpc) is 3.02. The second kappa shape index (κ2) is 7.14. The number of aliphatic imine (C=N–C) groups is 1. The van der Waals surface area contributed by atoms with Crippen molar-refractivity contribution in [3.8, 4) is 0 Å². The number of halogens is 1. The third-order valence-corrected chi connectivity index (χ3v) is 5.34. The lowest BCUT2D eigenvalue weighted by molar-refractivity contribution is 0.315. The van der Waals surface area contributed by atoms with E-state index in [1.54, 1.807) is 0 Å². The number of nitrogens with zero attached hydrogens (tertiary/aromatic N) is 2. The molecule has 3 fully saturated rings. The van der Waals surface area contributed by atoms with Gasteiger partial charge in [0.15, 0.2) is 5.96 Å². The third kappa shape index (κ3) is 3.76. The summed E-state index contributed by atoms with van der Waals surface area (Å²) in [6.07, 6.45) is 11.2. The van der Waals surface area contributed by atoms with Crippen molar-refractivity contribution in [2.24, 2.45) is 28.5 Å². The molecule has 1 saturated heterocycles. The van der Waals surface area contributed by atoms with Gasteiger partial charge in [0, 0.05) is 19.6 Å². The first-order chi connectivity index (χ1) is 8.83. The minimum absolute atomic E-state index is 0. The summed E-state index contributed by atoms with van der Waals surface area (Å²) >= 11 is 0. The first-order valence-corrected chi connectivity index (χ1v) is 7.88. The zero-order valence-electron chi connectivity index (χ0n) is 11.9. The summed E-state index contributed by atoms with van der Waals surface area (Å²) < 4.78 is 0. The molecule has 0 radical (unpaired) electrons. The van der Waals surface area contributed by atoms with E-state index in [0.717, 1.165) is 43.3 Å². The Bertz CT molecular complexity index is 313. The van der Waals surface area contributed by atoms with Crippen LogP contribution in [0.15, 0.2) is 4.99 Å². The Morgan fingerprint density at radius 2 is 1.89 bits per heavy atom. The number of hydrogen-bond donors (Lipinski definition) is 1. The van der Waals surface area contributed by atoms with Crippen molar-refractivity contribution in [2.75, 3.05) is 19.6 Å². The molecule has 3 aliphatic rings. The van der Waals surface area contributed by atoms with Gasteiger partial charge in [-0.25, -0.2) is 0 Å². The smallest absolute Gasteiger partial charge is 0.191 e. The maximum absolute atomic E-state index is 6.09. The van der Waals surface area contributed by atoms with Crippen LogP contribution in [0.5, 0.6) is 0 Å². The van der Waals surface area contributed by atoms with Crippen LogP contribution < -0.4 is 5.73 Å². The number of piperidine rings is 1. The second-order valence-electron chi connectivity index (χ2n) is 6.51. The topological polar surface area (TPSA) is 41.6 Å². The number of guanidine groups is 1. The molecule has 0 spiro atoms. The van der Waals surface area contributed by atoms with Crippen LogP contribution in [-0.2, 0) is 0 Å². The van der Waals surface area contributed by atoms with E-state index in [4.69, 9.17) is 5.73 Å². The Hall–Kier alpha value is 0. The summed E-state index contributed by atoms with van der Waals surface area (Å²) in [5, 5.41) is 0. The molecule has 2 N–H and O–H groups in total. The van der Waals surface area contributed by atoms with Crippen LogP contribution in [-0.4, -0.2) is 30.5 Å². The van der Waals surface area contributed by atoms with Gasteiger partial charge in [0.25, 0.3) is 0 Å². The number of hydrogen-bond acceptors (Lipinski definition) is 1. The molecule has 1 heterocycles. The van der Waals surface area contributed by atoms with E-state index < -0.39 is 0 Å². The highest BCUT2D eigenvalue weighted by Gasteiger charge is 2.38. The molecule has 2 saturated carbocycles. The normalized spacial score (nSPS) is 34.4. The highest BCUT2D eigenvalue weighted by Crippen LogP contribution is 2.49. The monoisotopic (exact) mass is 377 g/mol. The van der Waals surface area contributed by atoms with Gasteiger partial charge in [-0.1, -0.05) is 6.42 Å². The summed E-state index contributed by atoms with van der Waals surface area (Å²) in [5.41, 5.74) is 6.09. The Labute approximate surface area is 134 Å². The van der Waals surface area contributed by atoms with E-state index in [2.05, 4.69) is 9.89 Å². The van der Waals surface area contributed by atoms with Gasteiger partial charge in [-0.3, -0.25) is 4.99 Å². The summed E-state index contributed by atoms with van der Waals surface area (Å²) in [6.45, 7) is 3.18. The molecular weight excluding hydrogens is 349 g/mol. The minimum atomic E-state index is 0. The molecule has 0 aromatic rings. The molecule has 2 bridgehead atoms. The lowest BCUT2D eigenvalue weighted by Crippen LogP contribution is -2.41. The van der Waals surface area contributed by atoms with Crippen molar-refractivity contribution in [3.63, 3.8) is 0 Å². The molecule has 0 aromatic carbocycles. The van der Waals surface area contributed by atoms with E-state index in [1.807, 2.05) is 0 Å². The fourth-order valence-electron chi connectivity index (χ4n) is 4.30. The fourth-order valence-corrected chi connectivity index (χ4v) is 4.30. The zero-order valence-corrected chi connectivity index (χ0v) is 14.2. The van der Waals surface area contributed by atoms with Gasteiger partial charge in [0.2, 0.25) is 0 Å². The Balaban J connectivity index is 0.00000133. The van der Waals surface area contributed by atoms with Gasteiger partial charge in [-0.2, -0.15) is 0 Å². The zero-order chi connectivity index (χ0) is 12.4. The predicted molar refractivity (Wildman–Crippen MR) is 90.9 cm³/mol. The average molecular weight is 377 g/mol.